The summed E-state index contributed by atoms with van der Waals surface area (Å²) in [6.45, 7) is 9.29. The molecule has 1 atom stereocenters. The fraction of sp³-hybridized carbons (Fsp3) is 0.647. The zero-order chi connectivity index (χ0) is 14.4. The van der Waals surface area contributed by atoms with Gasteiger partial charge in [0.25, 0.3) is 0 Å². The maximum atomic E-state index is 5.44. The molecule has 1 aliphatic rings. The van der Waals surface area contributed by atoms with E-state index in [0.29, 0.717) is 6.04 Å². The first-order valence-corrected chi connectivity index (χ1v) is 7.83. The summed E-state index contributed by atoms with van der Waals surface area (Å²) in [5.41, 5.74) is 1.25. The Morgan fingerprint density at radius 1 is 1.30 bits per heavy atom. The molecule has 1 heterocycles. The van der Waals surface area contributed by atoms with Gasteiger partial charge in [0.2, 0.25) is 0 Å². The lowest BCUT2D eigenvalue weighted by atomic mass is 9.96. The third kappa shape index (κ3) is 3.97. The minimum atomic E-state index is 0.343. The van der Waals surface area contributed by atoms with Gasteiger partial charge < -0.3 is 15.0 Å². The molecule has 20 heavy (non-hydrogen) atoms. The van der Waals surface area contributed by atoms with Gasteiger partial charge in [0.1, 0.15) is 5.75 Å². The number of rotatable bonds is 6. The van der Waals surface area contributed by atoms with Gasteiger partial charge in [-0.1, -0.05) is 25.1 Å². The van der Waals surface area contributed by atoms with E-state index in [1.165, 1.54) is 38.0 Å². The van der Waals surface area contributed by atoms with Gasteiger partial charge in [-0.2, -0.15) is 0 Å². The minimum Gasteiger partial charge on any atom is -0.496 e. The summed E-state index contributed by atoms with van der Waals surface area (Å²) in [6.07, 6.45) is 2.64. The van der Waals surface area contributed by atoms with E-state index < -0.39 is 0 Å². The van der Waals surface area contributed by atoms with Crippen molar-refractivity contribution in [3.05, 3.63) is 29.8 Å². The summed E-state index contributed by atoms with van der Waals surface area (Å²) in [7, 11) is 1.74. The van der Waals surface area contributed by atoms with Crippen LogP contribution < -0.4 is 10.1 Å². The Balaban J connectivity index is 1.82. The molecule has 1 unspecified atom stereocenters. The molecule has 0 amide bonds. The standard InChI is InChI=1S/C17H28N2O/c1-4-19-11-9-15(10-12-19)13-18-14(2)16-7-5-6-8-17(16)20-3/h5-8,14-15,18H,4,9-13H2,1-3H3. The summed E-state index contributed by atoms with van der Waals surface area (Å²) in [5.74, 6) is 1.79. The zero-order valence-electron chi connectivity index (χ0n) is 13.1. The van der Waals surface area contributed by atoms with E-state index in [-0.39, 0.29) is 0 Å². The van der Waals surface area contributed by atoms with Gasteiger partial charge in [-0.25, -0.2) is 0 Å². The fourth-order valence-corrected chi connectivity index (χ4v) is 2.98. The van der Waals surface area contributed by atoms with Crippen molar-refractivity contribution in [1.29, 1.82) is 0 Å². The lowest BCUT2D eigenvalue weighted by Crippen LogP contribution is -2.37. The molecular weight excluding hydrogens is 248 g/mol. The van der Waals surface area contributed by atoms with Crippen molar-refractivity contribution in [3.63, 3.8) is 0 Å². The van der Waals surface area contributed by atoms with Crippen LogP contribution in [0.3, 0.4) is 0 Å². The number of hydrogen-bond acceptors (Lipinski definition) is 3. The van der Waals surface area contributed by atoms with Crippen LogP contribution in [0.25, 0.3) is 0 Å². The Kier molecular flexibility index (Phi) is 5.86. The molecule has 1 aromatic rings. The maximum absolute atomic E-state index is 5.44. The topological polar surface area (TPSA) is 24.5 Å². The summed E-state index contributed by atoms with van der Waals surface area (Å²) in [5, 5.41) is 3.68. The lowest BCUT2D eigenvalue weighted by Gasteiger charge is -2.32. The number of methoxy groups -OCH3 is 1. The first-order valence-electron chi connectivity index (χ1n) is 7.83. The number of nitrogens with zero attached hydrogens (tertiary/aromatic N) is 1. The fourth-order valence-electron chi connectivity index (χ4n) is 2.98. The predicted molar refractivity (Wildman–Crippen MR) is 84.2 cm³/mol. The average Bonchev–Trinajstić information content (AvgIpc) is 2.53. The highest BCUT2D eigenvalue weighted by Crippen LogP contribution is 2.25. The molecule has 0 radical (unpaired) electrons. The van der Waals surface area contributed by atoms with Crippen LogP contribution in [0, 0.1) is 5.92 Å². The Bertz CT molecular complexity index is 400. The molecule has 0 saturated carbocycles. The van der Waals surface area contributed by atoms with Crippen LogP contribution in [-0.4, -0.2) is 38.2 Å². The molecule has 1 aromatic carbocycles. The summed E-state index contributed by atoms with van der Waals surface area (Å²) in [6, 6.07) is 8.63. The molecule has 0 aliphatic carbocycles. The van der Waals surface area contributed by atoms with E-state index in [4.69, 9.17) is 4.74 Å². The quantitative estimate of drug-likeness (QED) is 0.864. The van der Waals surface area contributed by atoms with Crippen LogP contribution in [-0.2, 0) is 0 Å². The number of likely N-dealkylation sites (tertiary alicyclic amines) is 1. The molecule has 3 heteroatoms. The summed E-state index contributed by atoms with van der Waals surface area (Å²) < 4.78 is 5.44. The largest absolute Gasteiger partial charge is 0.496 e. The number of para-hydroxylation sites is 1. The molecule has 1 saturated heterocycles. The Morgan fingerprint density at radius 3 is 2.65 bits per heavy atom. The molecule has 0 aromatic heterocycles. The number of ether oxygens (including phenoxy) is 1. The smallest absolute Gasteiger partial charge is 0.123 e. The van der Waals surface area contributed by atoms with Crippen molar-refractivity contribution in [2.24, 2.45) is 5.92 Å². The second-order valence-corrected chi connectivity index (χ2v) is 5.75. The van der Waals surface area contributed by atoms with Crippen molar-refractivity contribution in [2.45, 2.75) is 32.7 Å². The lowest BCUT2D eigenvalue weighted by molar-refractivity contribution is 0.188. The van der Waals surface area contributed by atoms with E-state index in [0.717, 1.165) is 18.2 Å². The SMILES string of the molecule is CCN1CCC(CNC(C)c2ccccc2OC)CC1. The van der Waals surface area contributed by atoms with Crippen LogP contribution in [0.5, 0.6) is 5.75 Å². The Hall–Kier alpha value is -1.06. The zero-order valence-corrected chi connectivity index (χ0v) is 13.1. The molecule has 0 spiro atoms. The molecule has 112 valence electrons. The van der Waals surface area contributed by atoms with Crippen LogP contribution in [0.2, 0.25) is 0 Å². The van der Waals surface area contributed by atoms with E-state index in [1.54, 1.807) is 7.11 Å². The van der Waals surface area contributed by atoms with Gasteiger partial charge in [-0.3, -0.25) is 0 Å². The van der Waals surface area contributed by atoms with Gasteiger partial charge >= 0.3 is 0 Å². The average molecular weight is 276 g/mol. The highest BCUT2D eigenvalue weighted by atomic mass is 16.5. The second-order valence-electron chi connectivity index (χ2n) is 5.75. The highest BCUT2D eigenvalue weighted by Gasteiger charge is 2.19. The third-order valence-corrected chi connectivity index (χ3v) is 4.47. The number of benzene rings is 1. The maximum Gasteiger partial charge on any atom is 0.123 e. The first kappa shape index (κ1) is 15.3. The van der Waals surface area contributed by atoms with E-state index in [1.807, 2.05) is 12.1 Å². The minimum absolute atomic E-state index is 0.343. The number of hydrogen-bond donors (Lipinski definition) is 1. The van der Waals surface area contributed by atoms with E-state index in [2.05, 4.69) is 36.2 Å². The van der Waals surface area contributed by atoms with Gasteiger partial charge in [0, 0.05) is 11.6 Å². The molecule has 3 nitrogen and oxygen atoms in total. The van der Waals surface area contributed by atoms with E-state index >= 15 is 0 Å². The highest BCUT2D eigenvalue weighted by molar-refractivity contribution is 5.35. The molecular formula is C17H28N2O. The van der Waals surface area contributed by atoms with Crippen LogP contribution in [0.1, 0.15) is 38.3 Å². The normalized spacial score (nSPS) is 18.9. The third-order valence-electron chi connectivity index (χ3n) is 4.47. The number of nitrogens with one attached hydrogen (secondary N) is 1. The summed E-state index contributed by atoms with van der Waals surface area (Å²) >= 11 is 0. The Labute approximate surface area is 123 Å². The van der Waals surface area contributed by atoms with Crippen LogP contribution in [0.15, 0.2) is 24.3 Å². The van der Waals surface area contributed by atoms with Crippen LogP contribution >= 0.6 is 0 Å². The van der Waals surface area contributed by atoms with Gasteiger partial charge in [0.15, 0.2) is 0 Å². The molecule has 1 fully saturated rings. The monoisotopic (exact) mass is 276 g/mol. The number of piperidine rings is 1. The van der Waals surface area contributed by atoms with Crippen molar-refractivity contribution in [2.75, 3.05) is 33.3 Å². The Morgan fingerprint density at radius 2 is 2.00 bits per heavy atom. The van der Waals surface area contributed by atoms with Gasteiger partial charge in [-0.05, 0) is 57.9 Å². The van der Waals surface area contributed by atoms with Gasteiger partial charge in [-0.15, -0.1) is 0 Å². The van der Waals surface area contributed by atoms with Crippen LogP contribution in [0.4, 0.5) is 0 Å². The molecule has 2 rings (SSSR count). The van der Waals surface area contributed by atoms with Gasteiger partial charge in [0.05, 0.1) is 7.11 Å². The van der Waals surface area contributed by atoms with Crippen molar-refractivity contribution in [3.8, 4) is 5.75 Å². The summed E-state index contributed by atoms with van der Waals surface area (Å²) in [4.78, 5) is 2.54. The first-order chi connectivity index (χ1) is 9.74. The van der Waals surface area contributed by atoms with Crippen molar-refractivity contribution >= 4 is 0 Å². The molecule has 1 aliphatic heterocycles. The molecule has 0 bridgehead atoms. The predicted octanol–water partition coefficient (Wildman–Crippen LogP) is 3.08. The second kappa shape index (κ2) is 7.65. The van der Waals surface area contributed by atoms with E-state index in [9.17, 15) is 0 Å². The molecule has 1 N–H and O–H groups in total. The van der Waals surface area contributed by atoms with Crippen molar-refractivity contribution < 1.29 is 4.74 Å². The van der Waals surface area contributed by atoms with Crippen molar-refractivity contribution in [1.82, 2.24) is 10.2 Å².